The van der Waals surface area contributed by atoms with Crippen molar-refractivity contribution >= 4 is 11.5 Å². The third-order valence-electron chi connectivity index (χ3n) is 5.50. The number of Topliss-reactive ketones (excluding diaryl/α,β-unsaturated/α-hetero) is 1. The molecule has 4 nitrogen and oxygen atoms in total. The topological polar surface area (TPSA) is 55.1 Å². The zero-order valence-electron chi connectivity index (χ0n) is 14.2. The highest BCUT2D eigenvalue weighted by atomic mass is 16.5. The molecule has 0 atom stereocenters. The molecule has 1 aromatic heterocycles. The van der Waals surface area contributed by atoms with Crippen LogP contribution in [0.2, 0.25) is 0 Å². The number of hydrogen-bond donors (Lipinski definition) is 1. The Labute approximate surface area is 136 Å². The van der Waals surface area contributed by atoms with E-state index in [4.69, 9.17) is 4.52 Å². The quantitative estimate of drug-likeness (QED) is 0.872. The number of aryl methyl sites for hydroxylation is 2. The molecule has 0 saturated heterocycles. The Balaban J connectivity index is 2.05. The number of nitrogens with zero attached hydrogens (tertiary/aromatic N) is 1. The second-order valence-electron chi connectivity index (χ2n) is 7.26. The van der Waals surface area contributed by atoms with Gasteiger partial charge in [0.25, 0.3) is 0 Å². The van der Waals surface area contributed by atoms with Crippen LogP contribution in [0.3, 0.4) is 0 Å². The molecule has 1 aliphatic heterocycles. The average Bonchev–Trinajstić information content (AvgIpc) is 3.10. The van der Waals surface area contributed by atoms with Crippen LogP contribution >= 0.6 is 0 Å². The summed E-state index contributed by atoms with van der Waals surface area (Å²) in [5.41, 5.74) is 7.86. The zero-order valence-corrected chi connectivity index (χ0v) is 14.2. The summed E-state index contributed by atoms with van der Waals surface area (Å²) in [7, 11) is 0. The van der Waals surface area contributed by atoms with Gasteiger partial charge in [0, 0.05) is 11.3 Å². The minimum absolute atomic E-state index is 0.243. The molecule has 0 fully saturated rings. The van der Waals surface area contributed by atoms with Gasteiger partial charge < -0.3 is 9.84 Å². The van der Waals surface area contributed by atoms with E-state index in [1.165, 1.54) is 22.4 Å². The van der Waals surface area contributed by atoms with E-state index >= 15 is 0 Å². The number of rotatable bonds is 1. The molecule has 0 spiro atoms. The predicted octanol–water partition coefficient (Wildman–Crippen LogP) is 3.72. The van der Waals surface area contributed by atoms with E-state index in [-0.39, 0.29) is 5.78 Å². The molecule has 2 aliphatic rings. The number of ketones is 1. The van der Waals surface area contributed by atoms with Gasteiger partial charge in [-0.15, -0.1) is 0 Å². The van der Waals surface area contributed by atoms with Crippen LogP contribution in [0.5, 0.6) is 0 Å². The fourth-order valence-electron chi connectivity index (χ4n) is 4.11. The van der Waals surface area contributed by atoms with Gasteiger partial charge in [0.05, 0.1) is 17.7 Å². The fraction of sp³-hybridized carbons (Fsp3) is 0.474. The summed E-state index contributed by atoms with van der Waals surface area (Å²) in [5, 5.41) is 7.51. The molecule has 1 N–H and O–H groups in total. The minimum Gasteiger partial charge on any atom is -0.377 e. The lowest BCUT2D eigenvalue weighted by Gasteiger charge is -2.34. The number of carbonyl (C=O) groups excluding carboxylic acids is 1. The Morgan fingerprint density at radius 2 is 1.96 bits per heavy atom. The number of fused-ring (bicyclic) bond motifs is 3. The van der Waals surface area contributed by atoms with Gasteiger partial charge in [0.1, 0.15) is 5.76 Å². The zero-order chi connectivity index (χ0) is 16.4. The molecular formula is C19H22N2O2. The first-order valence-electron chi connectivity index (χ1n) is 8.31. The van der Waals surface area contributed by atoms with Crippen LogP contribution < -0.4 is 5.32 Å². The molecule has 1 aliphatic carbocycles. The summed E-state index contributed by atoms with van der Waals surface area (Å²) in [5.74, 6) is 1.09. The van der Waals surface area contributed by atoms with Gasteiger partial charge in [-0.25, -0.2) is 0 Å². The molecule has 0 saturated carbocycles. The van der Waals surface area contributed by atoms with E-state index in [1.54, 1.807) is 0 Å². The molecule has 0 unspecified atom stereocenters. The van der Waals surface area contributed by atoms with E-state index in [2.05, 4.69) is 16.5 Å². The summed E-state index contributed by atoms with van der Waals surface area (Å²) < 4.78 is 5.39. The highest BCUT2D eigenvalue weighted by molar-refractivity contribution is 5.99. The standard InChI is InChI=1S/C19H22N2O2/c1-10-17(11(2)23-21-10)14-8-15-18(13-7-5-6-12(13)14)20-9-16(22)19(15,3)4/h8,20H,5-7,9H2,1-4H3. The van der Waals surface area contributed by atoms with Crippen LogP contribution in [0.25, 0.3) is 11.1 Å². The Hall–Kier alpha value is -2.10. The molecular weight excluding hydrogens is 288 g/mol. The molecule has 120 valence electrons. The number of aromatic nitrogens is 1. The van der Waals surface area contributed by atoms with Gasteiger partial charge in [0.2, 0.25) is 0 Å². The van der Waals surface area contributed by atoms with Crippen LogP contribution in [-0.2, 0) is 23.1 Å². The second kappa shape index (κ2) is 4.70. The molecule has 0 bridgehead atoms. The average molecular weight is 310 g/mol. The third kappa shape index (κ3) is 1.90. The van der Waals surface area contributed by atoms with E-state index < -0.39 is 5.41 Å². The Bertz CT molecular complexity index is 811. The van der Waals surface area contributed by atoms with Crippen LogP contribution in [0.15, 0.2) is 10.6 Å². The molecule has 0 amide bonds. The van der Waals surface area contributed by atoms with E-state index in [0.29, 0.717) is 6.54 Å². The Morgan fingerprint density at radius 3 is 2.65 bits per heavy atom. The van der Waals surface area contributed by atoms with Crippen molar-refractivity contribution in [1.29, 1.82) is 0 Å². The van der Waals surface area contributed by atoms with Crippen LogP contribution in [-0.4, -0.2) is 17.5 Å². The van der Waals surface area contributed by atoms with E-state index in [9.17, 15) is 4.79 Å². The maximum atomic E-state index is 12.4. The number of benzene rings is 1. The Kier molecular flexibility index (Phi) is 2.96. The molecule has 2 heterocycles. The van der Waals surface area contributed by atoms with Crippen molar-refractivity contribution in [2.45, 2.75) is 52.4 Å². The largest absolute Gasteiger partial charge is 0.377 e. The molecule has 1 aromatic carbocycles. The lowest BCUT2D eigenvalue weighted by molar-refractivity contribution is -0.122. The number of hydrogen-bond acceptors (Lipinski definition) is 4. The van der Waals surface area contributed by atoms with Crippen molar-refractivity contribution in [2.75, 3.05) is 11.9 Å². The van der Waals surface area contributed by atoms with Gasteiger partial charge in [-0.3, -0.25) is 4.79 Å². The smallest absolute Gasteiger partial charge is 0.161 e. The van der Waals surface area contributed by atoms with Gasteiger partial charge in [-0.05, 0) is 75.3 Å². The molecule has 4 rings (SSSR count). The van der Waals surface area contributed by atoms with Crippen molar-refractivity contribution in [3.8, 4) is 11.1 Å². The molecule has 23 heavy (non-hydrogen) atoms. The Morgan fingerprint density at radius 1 is 1.22 bits per heavy atom. The van der Waals surface area contributed by atoms with Crippen LogP contribution in [0, 0.1) is 13.8 Å². The maximum absolute atomic E-state index is 12.4. The number of anilines is 1. The van der Waals surface area contributed by atoms with Crippen LogP contribution in [0.4, 0.5) is 5.69 Å². The first kappa shape index (κ1) is 14.5. The van der Waals surface area contributed by atoms with Crippen LogP contribution in [0.1, 0.15) is 48.4 Å². The highest BCUT2D eigenvalue weighted by Crippen LogP contribution is 2.46. The van der Waals surface area contributed by atoms with Gasteiger partial charge in [-0.2, -0.15) is 0 Å². The van der Waals surface area contributed by atoms with Crippen molar-refractivity contribution in [3.63, 3.8) is 0 Å². The summed E-state index contributed by atoms with van der Waals surface area (Å²) in [6.07, 6.45) is 3.32. The fourth-order valence-corrected chi connectivity index (χ4v) is 4.11. The molecule has 2 aromatic rings. The predicted molar refractivity (Wildman–Crippen MR) is 90.0 cm³/mol. The van der Waals surface area contributed by atoms with Crippen molar-refractivity contribution in [3.05, 3.63) is 34.2 Å². The van der Waals surface area contributed by atoms with Gasteiger partial charge in [-0.1, -0.05) is 5.16 Å². The van der Waals surface area contributed by atoms with E-state index in [0.717, 1.165) is 41.8 Å². The summed E-state index contributed by atoms with van der Waals surface area (Å²) in [6.45, 7) is 8.45. The van der Waals surface area contributed by atoms with Gasteiger partial charge >= 0.3 is 0 Å². The summed E-state index contributed by atoms with van der Waals surface area (Å²) in [6, 6.07) is 2.20. The SMILES string of the molecule is Cc1noc(C)c1-c1cc2c(c3c1CCC3)NCC(=O)C2(C)C. The van der Waals surface area contributed by atoms with Crippen molar-refractivity contribution in [2.24, 2.45) is 0 Å². The maximum Gasteiger partial charge on any atom is 0.161 e. The third-order valence-corrected chi connectivity index (χ3v) is 5.50. The van der Waals surface area contributed by atoms with Crippen molar-refractivity contribution in [1.82, 2.24) is 5.16 Å². The first-order chi connectivity index (χ1) is 10.9. The second-order valence-corrected chi connectivity index (χ2v) is 7.26. The summed E-state index contributed by atoms with van der Waals surface area (Å²) >= 11 is 0. The van der Waals surface area contributed by atoms with Crippen molar-refractivity contribution < 1.29 is 9.32 Å². The summed E-state index contributed by atoms with van der Waals surface area (Å²) in [4.78, 5) is 12.4. The monoisotopic (exact) mass is 310 g/mol. The highest BCUT2D eigenvalue weighted by Gasteiger charge is 2.38. The normalized spacial score (nSPS) is 18.5. The first-order valence-corrected chi connectivity index (χ1v) is 8.31. The minimum atomic E-state index is -0.452. The van der Waals surface area contributed by atoms with E-state index in [1.807, 2.05) is 27.7 Å². The number of carbonyl (C=O) groups is 1. The number of nitrogens with one attached hydrogen (secondary N) is 1. The lowest BCUT2D eigenvalue weighted by atomic mass is 9.74. The lowest BCUT2D eigenvalue weighted by Crippen LogP contribution is -2.39. The van der Waals surface area contributed by atoms with Gasteiger partial charge in [0.15, 0.2) is 5.78 Å². The molecule has 4 heteroatoms. The molecule has 0 radical (unpaired) electrons.